The van der Waals surface area contributed by atoms with Gasteiger partial charge in [0.15, 0.2) is 0 Å². The highest BCUT2D eigenvalue weighted by Gasteiger charge is 2.18. The third-order valence-electron chi connectivity index (χ3n) is 4.08. The fraction of sp³-hybridized carbons (Fsp3) is 0. The highest BCUT2D eigenvalue weighted by Crippen LogP contribution is 2.25. The normalized spacial score (nSPS) is 11.7. The lowest BCUT2D eigenvalue weighted by molar-refractivity contribution is 0.589. The molecule has 0 aliphatic carbocycles. The predicted molar refractivity (Wildman–Crippen MR) is 96.4 cm³/mol. The molecule has 0 bridgehead atoms. The Balaban J connectivity index is 1.78. The first-order chi connectivity index (χ1) is 11.7. The third-order valence-corrected chi connectivity index (χ3v) is 5.79. The van der Waals surface area contributed by atoms with E-state index in [2.05, 4.69) is 0 Å². The number of hydrogen-bond acceptors (Lipinski definition) is 2. The van der Waals surface area contributed by atoms with Crippen LogP contribution < -0.4 is 0 Å². The third kappa shape index (κ3) is 2.41. The van der Waals surface area contributed by atoms with Crippen molar-refractivity contribution in [1.29, 1.82) is 0 Å². The predicted octanol–water partition coefficient (Wildman–Crippen LogP) is 4.55. The number of para-hydroxylation sites is 1. The molecule has 0 saturated heterocycles. The molecule has 24 heavy (non-hydrogen) atoms. The highest BCUT2D eigenvalue weighted by atomic mass is 32.2. The van der Waals surface area contributed by atoms with Crippen LogP contribution in [0.15, 0.2) is 96.0 Å². The van der Waals surface area contributed by atoms with Gasteiger partial charge in [-0.3, -0.25) is 0 Å². The molecule has 4 rings (SSSR count). The van der Waals surface area contributed by atoms with E-state index >= 15 is 0 Å². The van der Waals surface area contributed by atoms with Gasteiger partial charge < -0.3 is 0 Å². The maximum atomic E-state index is 12.9. The minimum Gasteiger partial charge on any atom is -0.241 e. The molecular formula is C20H15NO2S. The Kier molecular flexibility index (Phi) is 3.47. The van der Waals surface area contributed by atoms with E-state index in [1.54, 1.807) is 18.3 Å². The summed E-state index contributed by atoms with van der Waals surface area (Å²) in [5.74, 6) is 0. The number of hydrogen-bond donors (Lipinski definition) is 0. The summed E-state index contributed by atoms with van der Waals surface area (Å²) in [5.41, 5.74) is 2.74. The minimum absolute atomic E-state index is 0.281. The maximum absolute atomic E-state index is 12.9. The first-order valence-electron chi connectivity index (χ1n) is 7.63. The molecule has 0 radical (unpaired) electrons. The minimum atomic E-state index is -3.60. The number of aromatic nitrogens is 1. The second-order valence-corrected chi connectivity index (χ2v) is 7.38. The van der Waals surface area contributed by atoms with E-state index in [-0.39, 0.29) is 4.90 Å². The van der Waals surface area contributed by atoms with Crippen LogP contribution in [0, 0.1) is 0 Å². The summed E-state index contributed by atoms with van der Waals surface area (Å²) in [6.45, 7) is 0. The zero-order valence-electron chi connectivity index (χ0n) is 12.8. The van der Waals surface area contributed by atoms with Crippen LogP contribution in [0.1, 0.15) is 0 Å². The number of fused-ring (bicyclic) bond motifs is 1. The number of nitrogens with zero attached hydrogens (tertiary/aromatic N) is 1. The molecule has 0 atom stereocenters. The number of benzene rings is 3. The van der Waals surface area contributed by atoms with E-state index in [1.807, 2.05) is 72.8 Å². The summed E-state index contributed by atoms with van der Waals surface area (Å²) in [6.07, 6.45) is 1.60. The molecule has 1 heterocycles. The van der Waals surface area contributed by atoms with Gasteiger partial charge in [0.2, 0.25) is 0 Å². The fourth-order valence-corrected chi connectivity index (χ4v) is 4.18. The van der Waals surface area contributed by atoms with Crippen LogP contribution in [-0.4, -0.2) is 12.4 Å². The van der Waals surface area contributed by atoms with Crippen molar-refractivity contribution in [1.82, 2.24) is 3.97 Å². The van der Waals surface area contributed by atoms with Crippen molar-refractivity contribution in [2.45, 2.75) is 4.90 Å². The van der Waals surface area contributed by atoms with Crippen LogP contribution in [0.3, 0.4) is 0 Å². The van der Waals surface area contributed by atoms with Gasteiger partial charge in [0.05, 0.1) is 10.4 Å². The molecule has 0 unspecified atom stereocenters. The van der Waals surface area contributed by atoms with E-state index < -0.39 is 10.0 Å². The van der Waals surface area contributed by atoms with Crippen LogP contribution in [0.4, 0.5) is 0 Å². The van der Waals surface area contributed by atoms with Gasteiger partial charge in [-0.2, -0.15) is 0 Å². The average Bonchev–Trinajstić information content (AvgIpc) is 3.07. The molecule has 4 heteroatoms. The smallest absolute Gasteiger partial charge is 0.241 e. The standard InChI is InChI=1S/C20H15NO2S/c22-24(23,21-15-14-18-8-4-5-9-20(18)21)19-12-10-17(11-13-19)16-6-2-1-3-7-16/h1-15H. The van der Waals surface area contributed by atoms with Gasteiger partial charge in [0, 0.05) is 11.6 Å². The van der Waals surface area contributed by atoms with Gasteiger partial charge >= 0.3 is 0 Å². The maximum Gasteiger partial charge on any atom is 0.268 e. The number of rotatable bonds is 3. The second kappa shape index (κ2) is 5.65. The zero-order chi connectivity index (χ0) is 16.6. The molecule has 4 aromatic rings. The van der Waals surface area contributed by atoms with Gasteiger partial charge in [-0.15, -0.1) is 0 Å². The zero-order valence-corrected chi connectivity index (χ0v) is 13.6. The molecule has 0 aliphatic rings. The van der Waals surface area contributed by atoms with Crippen LogP contribution >= 0.6 is 0 Å². The highest BCUT2D eigenvalue weighted by molar-refractivity contribution is 7.90. The Morgan fingerprint density at radius 3 is 2.00 bits per heavy atom. The summed E-state index contributed by atoms with van der Waals surface area (Å²) in [6, 6.07) is 26.2. The van der Waals surface area contributed by atoms with E-state index in [9.17, 15) is 8.42 Å². The SMILES string of the molecule is O=S(=O)(c1ccc(-c2ccccc2)cc1)n1ccc2ccccc21. The lowest BCUT2D eigenvalue weighted by atomic mass is 10.1. The quantitative estimate of drug-likeness (QED) is 0.552. The van der Waals surface area contributed by atoms with E-state index in [0.29, 0.717) is 5.52 Å². The Morgan fingerprint density at radius 1 is 0.625 bits per heavy atom. The van der Waals surface area contributed by atoms with E-state index in [1.165, 1.54) is 3.97 Å². The van der Waals surface area contributed by atoms with Crippen molar-refractivity contribution in [3.8, 4) is 11.1 Å². The molecule has 3 nitrogen and oxygen atoms in total. The van der Waals surface area contributed by atoms with Crippen LogP contribution in [0.25, 0.3) is 22.0 Å². The van der Waals surface area contributed by atoms with Crippen molar-refractivity contribution in [2.24, 2.45) is 0 Å². The van der Waals surface area contributed by atoms with Gasteiger partial charge in [-0.25, -0.2) is 12.4 Å². The van der Waals surface area contributed by atoms with Gasteiger partial charge in [-0.1, -0.05) is 60.7 Å². The second-order valence-electron chi connectivity index (χ2n) is 5.57. The molecule has 0 aliphatic heterocycles. The van der Waals surface area contributed by atoms with Gasteiger partial charge in [0.25, 0.3) is 10.0 Å². The molecule has 118 valence electrons. The van der Waals surface area contributed by atoms with Gasteiger partial charge in [0.1, 0.15) is 0 Å². The summed E-state index contributed by atoms with van der Waals surface area (Å²) in [7, 11) is -3.60. The van der Waals surface area contributed by atoms with E-state index in [4.69, 9.17) is 0 Å². The Hall–Kier alpha value is -2.85. The van der Waals surface area contributed by atoms with E-state index in [0.717, 1.165) is 16.5 Å². The summed E-state index contributed by atoms with van der Waals surface area (Å²) in [5, 5.41) is 0.905. The van der Waals surface area contributed by atoms with Crippen molar-refractivity contribution in [3.63, 3.8) is 0 Å². The Morgan fingerprint density at radius 2 is 1.25 bits per heavy atom. The monoisotopic (exact) mass is 333 g/mol. The Labute approximate surface area is 140 Å². The summed E-state index contributed by atoms with van der Waals surface area (Å²) in [4.78, 5) is 0.281. The van der Waals surface area contributed by atoms with Crippen molar-refractivity contribution in [2.75, 3.05) is 0 Å². The molecule has 0 N–H and O–H groups in total. The molecule has 3 aromatic carbocycles. The van der Waals surface area contributed by atoms with Crippen LogP contribution in [-0.2, 0) is 10.0 Å². The lowest BCUT2D eigenvalue weighted by Crippen LogP contribution is -2.11. The largest absolute Gasteiger partial charge is 0.268 e. The molecule has 0 spiro atoms. The van der Waals surface area contributed by atoms with Crippen LogP contribution in [0.2, 0.25) is 0 Å². The molecule has 0 saturated carbocycles. The van der Waals surface area contributed by atoms with Crippen LogP contribution in [0.5, 0.6) is 0 Å². The van der Waals surface area contributed by atoms with Crippen molar-refractivity contribution in [3.05, 3.63) is 91.1 Å². The Bertz CT molecular complexity index is 1100. The first kappa shape index (κ1) is 14.7. The average molecular weight is 333 g/mol. The van der Waals surface area contributed by atoms with Crippen molar-refractivity contribution < 1.29 is 8.42 Å². The fourth-order valence-electron chi connectivity index (χ4n) is 2.83. The molecule has 1 aromatic heterocycles. The first-order valence-corrected chi connectivity index (χ1v) is 9.07. The molecular weight excluding hydrogens is 318 g/mol. The lowest BCUT2D eigenvalue weighted by Gasteiger charge is -2.09. The van der Waals surface area contributed by atoms with Gasteiger partial charge in [-0.05, 0) is 35.4 Å². The summed E-state index contributed by atoms with van der Waals surface area (Å²) < 4.78 is 27.2. The summed E-state index contributed by atoms with van der Waals surface area (Å²) >= 11 is 0. The molecule has 0 fully saturated rings. The molecule has 0 amide bonds. The topological polar surface area (TPSA) is 39.1 Å². The van der Waals surface area contributed by atoms with Crippen molar-refractivity contribution >= 4 is 20.9 Å².